The fraction of sp³-hybridized carbons (Fsp3) is 0.583. The van der Waals surface area contributed by atoms with Gasteiger partial charge in [0.25, 0.3) is 0 Å². The highest BCUT2D eigenvalue weighted by Gasteiger charge is 2.33. The molecular formula is C12H19N3OS. The van der Waals surface area contributed by atoms with Gasteiger partial charge in [-0.25, -0.2) is 4.79 Å². The molecule has 0 aromatic carbocycles. The molecule has 1 fully saturated rings. The quantitative estimate of drug-likeness (QED) is 0.859. The molecule has 1 aliphatic heterocycles. The van der Waals surface area contributed by atoms with Crippen molar-refractivity contribution in [2.75, 3.05) is 20.1 Å². The molecule has 2 amide bonds. The minimum Gasteiger partial charge on any atom is -0.329 e. The van der Waals surface area contributed by atoms with Gasteiger partial charge in [-0.1, -0.05) is 6.07 Å². The first-order valence-corrected chi connectivity index (χ1v) is 6.67. The van der Waals surface area contributed by atoms with E-state index in [1.807, 2.05) is 23.4 Å². The standard InChI is InChI=1S/C12H19N3OS/c1-12(2,13-3)8-15-7-9(14-11(15)16)10-5-4-6-17-10/h4-6,9,13H,7-8H2,1-3H3,(H,14,16). The van der Waals surface area contributed by atoms with Crippen molar-refractivity contribution in [3.8, 4) is 0 Å². The Hall–Kier alpha value is -1.07. The molecule has 1 aromatic heterocycles. The Balaban J connectivity index is 2.01. The summed E-state index contributed by atoms with van der Waals surface area (Å²) in [6.45, 7) is 5.67. The van der Waals surface area contributed by atoms with Crippen molar-refractivity contribution in [2.45, 2.75) is 25.4 Å². The lowest BCUT2D eigenvalue weighted by Crippen LogP contribution is -2.48. The number of nitrogens with one attached hydrogen (secondary N) is 2. The highest BCUT2D eigenvalue weighted by atomic mass is 32.1. The van der Waals surface area contributed by atoms with E-state index in [0.717, 1.165) is 13.1 Å². The second-order valence-corrected chi connectivity index (χ2v) is 6.01. The van der Waals surface area contributed by atoms with Gasteiger partial charge in [-0.15, -0.1) is 11.3 Å². The summed E-state index contributed by atoms with van der Waals surface area (Å²) in [4.78, 5) is 15.0. The van der Waals surface area contributed by atoms with Crippen LogP contribution in [0.4, 0.5) is 4.79 Å². The molecule has 1 unspecified atom stereocenters. The van der Waals surface area contributed by atoms with Crippen LogP contribution in [0.5, 0.6) is 0 Å². The Kier molecular flexibility index (Phi) is 3.40. The lowest BCUT2D eigenvalue weighted by molar-refractivity contribution is 0.201. The van der Waals surface area contributed by atoms with Gasteiger partial charge in [0.2, 0.25) is 0 Å². The van der Waals surface area contributed by atoms with Gasteiger partial charge in [0.1, 0.15) is 0 Å². The molecule has 1 aliphatic rings. The van der Waals surface area contributed by atoms with E-state index in [9.17, 15) is 4.79 Å². The van der Waals surface area contributed by atoms with Crippen LogP contribution in [0.1, 0.15) is 24.8 Å². The van der Waals surface area contributed by atoms with E-state index < -0.39 is 0 Å². The van der Waals surface area contributed by atoms with Gasteiger partial charge >= 0.3 is 6.03 Å². The van der Waals surface area contributed by atoms with Crippen molar-refractivity contribution in [2.24, 2.45) is 0 Å². The molecule has 5 heteroatoms. The number of rotatable bonds is 4. The third-order valence-electron chi connectivity index (χ3n) is 3.14. The van der Waals surface area contributed by atoms with Crippen LogP contribution in [0.2, 0.25) is 0 Å². The van der Waals surface area contributed by atoms with Gasteiger partial charge in [0.05, 0.1) is 6.04 Å². The highest BCUT2D eigenvalue weighted by molar-refractivity contribution is 7.10. The summed E-state index contributed by atoms with van der Waals surface area (Å²) in [7, 11) is 1.92. The van der Waals surface area contributed by atoms with Crippen molar-refractivity contribution >= 4 is 17.4 Å². The Morgan fingerprint density at radius 2 is 2.41 bits per heavy atom. The van der Waals surface area contributed by atoms with Crippen LogP contribution in [0, 0.1) is 0 Å². The van der Waals surface area contributed by atoms with Crippen LogP contribution in [0.15, 0.2) is 17.5 Å². The molecule has 94 valence electrons. The third-order valence-corrected chi connectivity index (χ3v) is 4.12. The predicted octanol–water partition coefficient (Wildman–Crippen LogP) is 1.81. The molecule has 2 rings (SSSR count). The van der Waals surface area contributed by atoms with Gasteiger partial charge in [-0.3, -0.25) is 0 Å². The number of amides is 2. The summed E-state index contributed by atoms with van der Waals surface area (Å²) in [5.41, 5.74) is -0.0539. The number of carbonyl (C=O) groups excluding carboxylic acids is 1. The molecule has 1 saturated heterocycles. The van der Waals surface area contributed by atoms with E-state index in [4.69, 9.17) is 0 Å². The molecule has 0 aliphatic carbocycles. The Morgan fingerprint density at radius 1 is 1.65 bits per heavy atom. The fourth-order valence-corrected chi connectivity index (χ4v) is 2.70. The van der Waals surface area contributed by atoms with Crippen molar-refractivity contribution in [1.29, 1.82) is 0 Å². The average molecular weight is 253 g/mol. The maximum atomic E-state index is 11.9. The third kappa shape index (κ3) is 2.79. The number of hydrogen-bond donors (Lipinski definition) is 2. The summed E-state index contributed by atoms with van der Waals surface area (Å²) >= 11 is 1.69. The summed E-state index contributed by atoms with van der Waals surface area (Å²) < 4.78 is 0. The van der Waals surface area contributed by atoms with Crippen molar-refractivity contribution in [1.82, 2.24) is 15.5 Å². The van der Waals surface area contributed by atoms with Crippen LogP contribution in [-0.2, 0) is 0 Å². The number of carbonyl (C=O) groups is 1. The van der Waals surface area contributed by atoms with Crippen molar-refractivity contribution < 1.29 is 4.79 Å². The largest absolute Gasteiger partial charge is 0.329 e. The average Bonchev–Trinajstić information content (AvgIpc) is 2.89. The zero-order valence-corrected chi connectivity index (χ0v) is 11.3. The smallest absolute Gasteiger partial charge is 0.318 e. The molecule has 0 bridgehead atoms. The first-order valence-electron chi connectivity index (χ1n) is 5.79. The van der Waals surface area contributed by atoms with E-state index in [-0.39, 0.29) is 17.6 Å². The molecule has 0 spiro atoms. The Labute approximate surface area is 106 Å². The highest BCUT2D eigenvalue weighted by Crippen LogP contribution is 2.25. The number of hydrogen-bond acceptors (Lipinski definition) is 3. The first kappa shape index (κ1) is 12.4. The van der Waals surface area contributed by atoms with Gasteiger partial charge in [-0.2, -0.15) is 0 Å². The number of nitrogens with zero attached hydrogens (tertiary/aromatic N) is 1. The second kappa shape index (κ2) is 4.66. The Bertz CT molecular complexity index is 388. The minimum atomic E-state index is -0.0539. The van der Waals surface area contributed by atoms with E-state index in [2.05, 4.69) is 30.5 Å². The molecule has 0 radical (unpaired) electrons. The molecule has 1 aromatic rings. The lowest BCUT2D eigenvalue weighted by atomic mass is 10.1. The van der Waals surface area contributed by atoms with Gasteiger partial charge in [0, 0.05) is 23.5 Å². The SMILES string of the molecule is CNC(C)(C)CN1CC(c2cccs2)NC1=O. The molecule has 17 heavy (non-hydrogen) atoms. The van der Waals surface area contributed by atoms with Crippen LogP contribution in [0.25, 0.3) is 0 Å². The minimum absolute atomic E-state index is 0.0340. The maximum Gasteiger partial charge on any atom is 0.318 e. The Morgan fingerprint density at radius 3 is 3.00 bits per heavy atom. The molecule has 1 atom stereocenters. The zero-order chi connectivity index (χ0) is 12.5. The number of thiophene rings is 1. The van der Waals surface area contributed by atoms with Crippen LogP contribution in [0.3, 0.4) is 0 Å². The topological polar surface area (TPSA) is 44.4 Å². The summed E-state index contributed by atoms with van der Waals surface area (Å²) in [5, 5.41) is 8.29. The van der Waals surface area contributed by atoms with Gasteiger partial charge in [0.15, 0.2) is 0 Å². The monoisotopic (exact) mass is 253 g/mol. The van der Waals surface area contributed by atoms with E-state index in [1.165, 1.54) is 4.88 Å². The van der Waals surface area contributed by atoms with Gasteiger partial charge in [-0.05, 0) is 32.3 Å². The molecule has 2 heterocycles. The van der Waals surface area contributed by atoms with Crippen LogP contribution in [-0.4, -0.2) is 36.6 Å². The molecule has 0 saturated carbocycles. The summed E-state index contributed by atoms with van der Waals surface area (Å²) in [6, 6.07) is 4.27. The fourth-order valence-electron chi connectivity index (χ4n) is 1.93. The van der Waals surface area contributed by atoms with Gasteiger partial charge < -0.3 is 15.5 Å². The zero-order valence-electron chi connectivity index (χ0n) is 10.5. The van der Waals surface area contributed by atoms with Crippen LogP contribution < -0.4 is 10.6 Å². The number of urea groups is 1. The molecule has 4 nitrogen and oxygen atoms in total. The lowest BCUT2D eigenvalue weighted by Gasteiger charge is -2.29. The van der Waals surface area contributed by atoms with E-state index >= 15 is 0 Å². The second-order valence-electron chi connectivity index (χ2n) is 5.03. The van der Waals surface area contributed by atoms with E-state index in [0.29, 0.717) is 0 Å². The van der Waals surface area contributed by atoms with Crippen molar-refractivity contribution in [3.05, 3.63) is 22.4 Å². The number of likely N-dealkylation sites (N-methyl/N-ethyl adjacent to an activating group) is 1. The summed E-state index contributed by atoms with van der Waals surface area (Å²) in [5.74, 6) is 0. The first-order chi connectivity index (χ1) is 8.02. The summed E-state index contributed by atoms with van der Waals surface area (Å²) in [6.07, 6.45) is 0. The molecular weight excluding hydrogens is 234 g/mol. The predicted molar refractivity (Wildman–Crippen MR) is 70.3 cm³/mol. The van der Waals surface area contributed by atoms with Crippen molar-refractivity contribution in [3.63, 3.8) is 0 Å². The van der Waals surface area contributed by atoms with Crippen LogP contribution >= 0.6 is 11.3 Å². The normalized spacial score (nSPS) is 20.8. The van der Waals surface area contributed by atoms with E-state index in [1.54, 1.807) is 11.3 Å². The molecule has 2 N–H and O–H groups in total. The maximum absolute atomic E-state index is 11.9.